The molecule has 0 amide bonds. The van der Waals surface area contributed by atoms with E-state index in [9.17, 15) is 0 Å². The van der Waals surface area contributed by atoms with Crippen molar-refractivity contribution in [1.82, 2.24) is 0 Å². The van der Waals surface area contributed by atoms with E-state index in [0.717, 1.165) is 17.0 Å². The number of hydrogen-bond donors (Lipinski definition) is 1. The highest BCUT2D eigenvalue weighted by molar-refractivity contribution is 6.32. The highest BCUT2D eigenvalue weighted by Gasteiger charge is 2.06. The maximum atomic E-state index is 6.14. The fourth-order valence-electron chi connectivity index (χ4n) is 2.02. The van der Waals surface area contributed by atoms with Crippen LogP contribution in [0.5, 0.6) is 11.5 Å². The molecule has 118 valence electrons. The van der Waals surface area contributed by atoms with Gasteiger partial charge >= 0.3 is 0 Å². The average molecular weight is 320 g/mol. The third kappa shape index (κ3) is 4.57. The van der Waals surface area contributed by atoms with Gasteiger partial charge in [-0.3, -0.25) is 0 Å². The van der Waals surface area contributed by atoms with Gasteiger partial charge in [-0.1, -0.05) is 43.6 Å². The van der Waals surface area contributed by atoms with Crippen molar-refractivity contribution in [3.63, 3.8) is 0 Å². The first-order valence-electron chi connectivity index (χ1n) is 7.38. The molecule has 22 heavy (non-hydrogen) atoms. The van der Waals surface area contributed by atoms with Crippen LogP contribution in [0.15, 0.2) is 42.5 Å². The zero-order chi connectivity index (χ0) is 15.9. The van der Waals surface area contributed by atoms with E-state index in [1.54, 1.807) is 7.11 Å². The van der Waals surface area contributed by atoms with Gasteiger partial charge in [-0.05, 0) is 30.2 Å². The van der Waals surface area contributed by atoms with Gasteiger partial charge in [0.25, 0.3) is 0 Å². The minimum Gasteiger partial charge on any atom is -0.495 e. The average Bonchev–Trinajstić information content (AvgIpc) is 2.51. The van der Waals surface area contributed by atoms with Crippen LogP contribution >= 0.6 is 11.6 Å². The van der Waals surface area contributed by atoms with Crippen molar-refractivity contribution < 1.29 is 9.47 Å². The molecule has 0 atom stereocenters. The molecule has 0 spiro atoms. The topological polar surface area (TPSA) is 30.5 Å². The van der Waals surface area contributed by atoms with Crippen LogP contribution in [-0.4, -0.2) is 13.7 Å². The Bertz CT molecular complexity index is 614. The molecule has 0 aliphatic heterocycles. The van der Waals surface area contributed by atoms with Crippen molar-refractivity contribution in [3.8, 4) is 11.5 Å². The van der Waals surface area contributed by atoms with Crippen LogP contribution in [0.1, 0.15) is 19.4 Å². The van der Waals surface area contributed by atoms with E-state index in [0.29, 0.717) is 29.8 Å². The van der Waals surface area contributed by atoms with Crippen LogP contribution in [0.2, 0.25) is 5.02 Å². The summed E-state index contributed by atoms with van der Waals surface area (Å²) in [4.78, 5) is 0. The van der Waals surface area contributed by atoms with E-state index in [1.165, 1.54) is 0 Å². The second-order valence-corrected chi connectivity index (χ2v) is 5.92. The van der Waals surface area contributed by atoms with Gasteiger partial charge in [0.2, 0.25) is 0 Å². The molecule has 3 nitrogen and oxygen atoms in total. The summed E-state index contributed by atoms with van der Waals surface area (Å²) in [6.45, 7) is 5.67. The summed E-state index contributed by atoms with van der Waals surface area (Å²) in [5.74, 6) is 2.10. The second-order valence-electron chi connectivity index (χ2n) is 5.52. The zero-order valence-corrected chi connectivity index (χ0v) is 14.0. The molecule has 0 radical (unpaired) electrons. The second kappa shape index (κ2) is 7.95. The largest absolute Gasteiger partial charge is 0.495 e. The normalized spacial score (nSPS) is 10.6. The number of benzene rings is 2. The van der Waals surface area contributed by atoms with Crippen molar-refractivity contribution in [2.45, 2.75) is 20.4 Å². The zero-order valence-electron chi connectivity index (χ0n) is 13.2. The Labute approximate surface area is 137 Å². The van der Waals surface area contributed by atoms with Gasteiger partial charge in [-0.25, -0.2) is 0 Å². The summed E-state index contributed by atoms with van der Waals surface area (Å²) in [5, 5.41) is 3.96. The minimum absolute atomic E-state index is 0.501. The summed E-state index contributed by atoms with van der Waals surface area (Å²) in [7, 11) is 1.61. The lowest BCUT2D eigenvalue weighted by Crippen LogP contribution is -2.08. The van der Waals surface area contributed by atoms with E-state index >= 15 is 0 Å². The highest BCUT2D eigenvalue weighted by Crippen LogP contribution is 2.28. The summed E-state index contributed by atoms with van der Waals surface area (Å²) in [5.41, 5.74) is 2.07. The Balaban J connectivity index is 2.03. The fourth-order valence-corrected chi connectivity index (χ4v) is 2.28. The van der Waals surface area contributed by atoms with Gasteiger partial charge < -0.3 is 14.8 Å². The molecule has 0 unspecified atom stereocenters. The number of halogens is 1. The quantitative estimate of drug-likeness (QED) is 0.779. The number of ether oxygens (including phenoxy) is 2. The van der Waals surface area contributed by atoms with Gasteiger partial charge in [0.15, 0.2) is 0 Å². The van der Waals surface area contributed by atoms with Gasteiger partial charge in [-0.2, -0.15) is 0 Å². The molecular formula is C18H22ClNO2. The van der Waals surface area contributed by atoms with Gasteiger partial charge in [-0.15, -0.1) is 0 Å². The third-order valence-corrected chi connectivity index (χ3v) is 3.47. The van der Waals surface area contributed by atoms with Gasteiger partial charge in [0.1, 0.15) is 11.5 Å². The number of para-hydroxylation sites is 1. The fraction of sp³-hybridized carbons (Fsp3) is 0.333. The predicted octanol–water partition coefficient (Wildman–Crippen LogP) is 5.00. The smallest absolute Gasteiger partial charge is 0.137 e. The molecule has 0 aromatic heterocycles. The summed E-state index contributed by atoms with van der Waals surface area (Å²) in [6, 6.07) is 13.7. The molecule has 0 aliphatic rings. The number of nitrogens with one attached hydrogen (secondary N) is 1. The van der Waals surface area contributed by atoms with E-state index in [4.69, 9.17) is 21.1 Å². The molecule has 4 heteroatoms. The van der Waals surface area contributed by atoms with E-state index in [-0.39, 0.29) is 0 Å². The molecule has 2 rings (SSSR count). The van der Waals surface area contributed by atoms with Crippen LogP contribution in [0.3, 0.4) is 0 Å². The molecule has 1 N–H and O–H groups in total. The summed E-state index contributed by atoms with van der Waals surface area (Å²) in [6.07, 6.45) is 0. The lowest BCUT2D eigenvalue weighted by Gasteiger charge is -2.14. The molecular weight excluding hydrogens is 298 g/mol. The van der Waals surface area contributed by atoms with Crippen LogP contribution in [0, 0.1) is 5.92 Å². The van der Waals surface area contributed by atoms with Crippen molar-refractivity contribution >= 4 is 17.3 Å². The van der Waals surface area contributed by atoms with Crippen LogP contribution in [0.25, 0.3) is 0 Å². The molecule has 2 aromatic rings. The van der Waals surface area contributed by atoms with Crippen LogP contribution in [-0.2, 0) is 6.54 Å². The Morgan fingerprint density at radius 1 is 1.09 bits per heavy atom. The Kier molecular flexibility index (Phi) is 5.96. The lowest BCUT2D eigenvalue weighted by atomic mass is 10.2. The maximum Gasteiger partial charge on any atom is 0.137 e. The molecule has 0 saturated heterocycles. The van der Waals surface area contributed by atoms with Crippen molar-refractivity contribution in [1.29, 1.82) is 0 Å². The lowest BCUT2D eigenvalue weighted by molar-refractivity contribution is 0.269. The monoisotopic (exact) mass is 319 g/mol. The van der Waals surface area contributed by atoms with Crippen LogP contribution in [0.4, 0.5) is 5.69 Å². The molecule has 0 heterocycles. The number of anilines is 1. The van der Waals surface area contributed by atoms with E-state index < -0.39 is 0 Å². The van der Waals surface area contributed by atoms with Crippen molar-refractivity contribution in [2.75, 3.05) is 19.0 Å². The standard InChI is InChI=1S/C18H22ClNO2/c1-13(2)12-22-17-7-5-4-6-14(17)11-20-15-8-9-18(21-3)16(19)10-15/h4-10,13,20H,11-12H2,1-3H3. The van der Waals surface area contributed by atoms with Gasteiger partial charge in [0.05, 0.1) is 18.7 Å². The Morgan fingerprint density at radius 3 is 2.55 bits per heavy atom. The molecule has 2 aromatic carbocycles. The Morgan fingerprint density at radius 2 is 1.86 bits per heavy atom. The first-order valence-corrected chi connectivity index (χ1v) is 7.76. The SMILES string of the molecule is COc1ccc(NCc2ccccc2OCC(C)C)cc1Cl. The van der Waals surface area contributed by atoms with Crippen molar-refractivity contribution in [3.05, 3.63) is 53.1 Å². The predicted molar refractivity (Wildman–Crippen MR) is 92.1 cm³/mol. The maximum absolute atomic E-state index is 6.14. The third-order valence-electron chi connectivity index (χ3n) is 3.18. The van der Waals surface area contributed by atoms with E-state index in [1.807, 2.05) is 36.4 Å². The highest BCUT2D eigenvalue weighted by atomic mass is 35.5. The molecule has 0 aliphatic carbocycles. The van der Waals surface area contributed by atoms with Crippen molar-refractivity contribution in [2.24, 2.45) is 5.92 Å². The summed E-state index contributed by atoms with van der Waals surface area (Å²) < 4.78 is 11.0. The van der Waals surface area contributed by atoms with Gasteiger partial charge in [0, 0.05) is 17.8 Å². The number of rotatable bonds is 7. The number of hydrogen-bond acceptors (Lipinski definition) is 3. The number of methoxy groups -OCH3 is 1. The van der Waals surface area contributed by atoms with E-state index in [2.05, 4.69) is 25.2 Å². The summed E-state index contributed by atoms with van der Waals surface area (Å²) >= 11 is 6.14. The molecule has 0 saturated carbocycles. The minimum atomic E-state index is 0.501. The van der Waals surface area contributed by atoms with Crippen LogP contribution < -0.4 is 14.8 Å². The molecule has 0 bridgehead atoms. The molecule has 0 fully saturated rings. The first-order chi connectivity index (χ1) is 10.6. The Hall–Kier alpha value is -1.87. The first kappa shape index (κ1) is 16.5.